The molecule has 2 atom stereocenters. The van der Waals surface area contributed by atoms with E-state index in [9.17, 15) is 14.0 Å². The second-order valence-electron chi connectivity index (χ2n) is 6.23. The first-order valence-corrected chi connectivity index (χ1v) is 7.85. The van der Waals surface area contributed by atoms with Gasteiger partial charge in [0.05, 0.1) is 0 Å². The Labute approximate surface area is 140 Å². The number of nitrogens with two attached hydrogens (primary N) is 1. The molecule has 4 nitrogen and oxygen atoms in total. The molecule has 3 rings (SSSR count). The fourth-order valence-corrected chi connectivity index (χ4v) is 3.05. The highest BCUT2D eigenvalue weighted by Crippen LogP contribution is 2.49. The van der Waals surface area contributed by atoms with Gasteiger partial charge in [-0.25, -0.2) is 4.39 Å². The van der Waals surface area contributed by atoms with Gasteiger partial charge in [-0.3, -0.25) is 9.59 Å². The average molecular weight is 326 g/mol. The minimum Gasteiger partial charge on any atom is -0.366 e. The van der Waals surface area contributed by atoms with E-state index in [0.29, 0.717) is 24.1 Å². The number of amides is 2. The Hall–Kier alpha value is -2.69. The summed E-state index contributed by atoms with van der Waals surface area (Å²) in [6.45, 7) is 0.389. The number of carbonyl (C=O) groups excluding carboxylic acids is 2. The molecular weight excluding hydrogens is 307 g/mol. The van der Waals surface area contributed by atoms with Crippen LogP contribution in [0, 0.1) is 11.7 Å². The first-order valence-electron chi connectivity index (χ1n) is 7.85. The SMILES string of the molecule is CN(Cc1cccc(C(N)=O)c1)C(=O)[C@@H]1C[C@@H]1c1ccccc1F. The molecule has 24 heavy (non-hydrogen) atoms. The van der Waals surface area contributed by atoms with Crippen LogP contribution >= 0.6 is 0 Å². The van der Waals surface area contributed by atoms with Crippen molar-refractivity contribution in [1.82, 2.24) is 4.90 Å². The van der Waals surface area contributed by atoms with Crippen LogP contribution in [-0.2, 0) is 11.3 Å². The van der Waals surface area contributed by atoms with Gasteiger partial charge in [0, 0.05) is 25.1 Å². The zero-order valence-electron chi connectivity index (χ0n) is 13.4. The van der Waals surface area contributed by atoms with Crippen LogP contribution in [0.25, 0.3) is 0 Å². The normalized spacial score (nSPS) is 18.9. The Morgan fingerprint density at radius 2 is 1.96 bits per heavy atom. The molecule has 2 N–H and O–H groups in total. The van der Waals surface area contributed by atoms with Gasteiger partial charge in [-0.2, -0.15) is 0 Å². The van der Waals surface area contributed by atoms with E-state index in [4.69, 9.17) is 5.73 Å². The molecule has 124 valence electrons. The van der Waals surface area contributed by atoms with Crippen molar-refractivity contribution in [3.63, 3.8) is 0 Å². The van der Waals surface area contributed by atoms with E-state index in [1.165, 1.54) is 6.07 Å². The molecule has 1 aliphatic carbocycles. The van der Waals surface area contributed by atoms with E-state index in [1.807, 2.05) is 6.07 Å². The van der Waals surface area contributed by atoms with Gasteiger partial charge in [0.25, 0.3) is 0 Å². The molecule has 5 heteroatoms. The van der Waals surface area contributed by atoms with Gasteiger partial charge in [-0.05, 0) is 41.7 Å². The van der Waals surface area contributed by atoms with Crippen molar-refractivity contribution >= 4 is 11.8 Å². The summed E-state index contributed by atoms with van der Waals surface area (Å²) in [7, 11) is 1.72. The molecule has 2 aromatic carbocycles. The van der Waals surface area contributed by atoms with Crippen LogP contribution in [0.15, 0.2) is 48.5 Å². The summed E-state index contributed by atoms with van der Waals surface area (Å²) in [6.07, 6.45) is 0.672. The molecule has 1 saturated carbocycles. The molecule has 2 aromatic rings. The minimum atomic E-state index is -0.493. The average Bonchev–Trinajstić information content (AvgIpc) is 3.35. The summed E-state index contributed by atoms with van der Waals surface area (Å²) >= 11 is 0. The second kappa shape index (κ2) is 6.43. The van der Waals surface area contributed by atoms with Crippen LogP contribution in [0.1, 0.15) is 33.8 Å². The van der Waals surface area contributed by atoms with E-state index < -0.39 is 5.91 Å². The standard InChI is InChI=1S/C19H19FN2O2/c1-22(11-12-5-4-6-13(9-12)18(21)23)19(24)16-10-15(16)14-7-2-3-8-17(14)20/h2-9,15-16H,10-11H2,1H3,(H2,21,23)/t15-,16-/m1/s1. The van der Waals surface area contributed by atoms with Gasteiger partial charge < -0.3 is 10.6 Å². The number of nitrogens with zero attached hydrogens (tertiary/aromatic N) is 1. The Bertz CT molecular complexity index is 790. The van der Waals surface area contributed by atoms with E-state index >= 15 is 0 Å². The number of rotatable bonds is 5. The van der Waals surface area contributed by atoms with Gasteiger partial charge in [-0.1, -0.05) is 30.3 Å². The fourth-order valence-electron chi connectivity index (χ4n) is 3.05. The molecule has 0 radical (unpaired) electrons. The summed E-state index contributed by atoms with van der Waals surface area (Å²) < 4.78 is 13.8. The largest absolute Gasteiger partial charge is 0.366 e. The Balaban J connectivity index is 1.65. The summed E-state index contributed by atoms with van der Waals surface area (Å²) in [6, 6.07) is 13.5. The van der Waals surface area contributed by atoms with Crippen molar-refractivity contribution in [2.45, 2.75) is 18.9 Å². The van der Waals surface area contributed by atoms with Gasteiger partial charge in [0.1, 0.15) is 5.82 Å². The molecule has 0 unspecified atom stereocenters. The highest BCUT2D eigenvalue weighted by Gasteiger charge is 2.46. The van der Waals surface area contributed by atoms with Crippen LogP contribution < -0.4 is 5.73 Å². The molecule has 0 spiro atoms. The molecular formula is C19H19FN2O2. The number of primary amides is 1. The van der Waals surface area contributed by atoms with E-state index in [0.717, 1.165) is 5.56 Å². The van der Waals surface area contributed by atoms with Crippen molar-refractivity contribution in [2.75, 3.05) is 7.05 Å². The highest BCUT2D eigenvalue weighted by molar-refractivity contribution is 5.92. The van der Waals surface area contributed by atoms with Gasteiger partial charge >= 0.3 is 0 Å². The monoisotopic (exact) mass is 326 g/mol. The first kappa shape index (κ1) is 16.2. The first-order chi connectivity index (χ1) is 11.5. The highest BCUT2D eigenvalue weighted by atomic mass is 19.1. The zero-order chi connectivity index (χ0) is 17.3. The molecule has 0 heterocycles. The number of hydrogen-bond acceptors (Lipinski definition) is 2. The lowest BCUT2D eigenvalue weighted by atomic mass is 10.1. The molecule has 1 fully saturated rings. The summed E-state index contributed by atoms with van der Waals surface area (Å²) in [5, 5.41) is 0. The van der Waals surface area contributed by atoms with Crippen LogP contribution in [-0.4, -0.2) is 23.8 Å². The number of carbonyl (C=O) groups is 2. The van der Waals surface area contributed by atoms with Crippen molar-refractivity contribution < 1.29 is 14.0 Å². The van der Waals surface area contributed by atoms with Crippen LogP contribution in [0.5, 0.6) is 0 Å². The molecule has 0 bridgehead atoms. The second-order valence-corrected chi connectivity index (χ2v) is 6.23. The van der Waals surface area contributed by atoms with Crippen molar-refractivity contribution in [2.24, 2.45) is 11.7 Å². The van der Waals surface area contributed by atoms with E-state index in [2.05, 4.69) is 0 Å². The molecule has 1 aliphatic rings. The third kappa shape index (κ3) is 3.30. The van der Waals surface area contributed by atoms with E-state index in [-0.39, 0.29) is 23.6 Å². The van der Waals surface area contributed by atoms with Crippen molar-refractivity contribution in [3.8, 4) is 0 Å². The predicted octanol–water partition coefficient (Wildman–Crippen LogP) is 2.69. The molecule has 0 saturated heterocycles. The van der Waals surface area contributed by atoms with Gasteiger partial charge in [-0.15, -0.1) is 0 Å². The number of hydrogen-bond donors (Lipinski definition) is 1. The summed E-state index contributed by atoms with van der Waals surface area (Å²) in [5.74, 6) is -0.973. The molecule has 0 aromatic heterocycles. The summed E-state index contributed by atoms with van der Waals surface area (Å²) in [5.41, 5.74) is 7.14. The van der Waals surface area contributed by atoms with Crippen molar-refractivity contribution in [1.29, 1.82) is 0 Å². The lowest BCUT2D eigenvalue weighted by molar-refractivity contribution is -0.131. The quantitative estimate of drug-likeness (QED) is 0.918. The third-order valence-electron chi connectivity index (χ3n) is 4.42. The van der Waals surface area contributed by atoms with Crippen LogP contribution in [0.4, 0.5) is 4.39 Å². The zero-order valence-corrected chi connectivity index (χ0v) is 13.4. The van der Waals surface area contributed by atoms with Crippen LogP contribution in [0.2, 0.25) is 0 Å². The lowest BCUT2D eigenvalue weighted by Crippen LogP contribution is -2.28. The smallest absolute Gasteiger partial charge is 0.248 e. The molecule has 2 amide bonds. The maximum Gasteiger partial charge on any atom is 0.248 e. The summed E-state index contributed by atoms with van der Waals surface area (Å²) in [4.78, 5) is 25.4. The maximum absolute atomic E-state index is 13.8. The van der Waals surface area contributed by atoms with E-state index in [1.54, 1.807) is 48.3 Å². The maximum atomic E-state index is 13.8. The Kier molecular flexibility index (Phi) is 4.34. The third-order valence-corrected chi connectivity index (χ3v) is 4.42. The fraction of sp³-hybridized carbons (Fsp3) is 0.263. The Morgan fingerprint density at radius 1 is 1.21 bits per heavy atom. The van der Waals surface area contributed by atoms with Crippen molar-refractivity contribution in [3.05, 3.63) is 71.0 Å². The topological polar surface area (TPSA) is 63.4 Å². The predicted molar refractivity (Wildman–Crippen MR) is 88.7 cm³/mol. The number of halogens is 1. The minimum absolute atomic E-state index is 0.00673. The molecule has 0 aliphatic heterocycles. The van der Waals surface area contributed by atoms with Crippen LogP contribution in [0.3, 0.4) is 0 Å². The van der Waals surface area contributed by atoms with Gasteiger partial charge in [0.2, 0.25) is 11.8 Å². The lowest BCUT2D eigenvalue weighted by Gasteiger charge is -2.18. The Morgan fingerprint density at radius 3 is 2.67 bits per heavy atom. The number of benzene rings is 2. The van der Waals surface area contributed by atoms with Gasteiger partial charge in [0.15, 0.2) is 0 Å².